The van der Waals surface area contributed by atoms with Crippen molar-refractivity contribution in [3.05, 3.63) is 58.1 Å². The van der Waals surface area contributed by atoms with Gasteiger partial charge in [0.2, 0.25) is 15.9 Å². The van der Waals surface area contributed by atoms with E-state index in [1.54, 1.807) is 18.2 Å². The molecule has 0 aromatic heterocycles. The van der Waals surface area contributed by atoms with Gasteiger partial charge in [0.1, 0.15) is 0 Å². The molecule has 0 spiro atoms. The third kappa shape index (κ3) is 4.68. The highest BCUT2D eigenvalue weighted by atomic mass is 35.5. The Morgan fingerprint density at radius 3 is 2.30 bits per heavy atom. The quantitative estimate of drug-likeness (QED) is 0.846. The smallest absolute Gasteiger partial charge is 0.240 e. The molecule has 23 heavy (non-hydrogen) atoms. The van der Waals surface area contributed by atoms with Crippen LogP contribution in [0.2, 0.25) is 10.0 Å². The highest BCUT2D eigenvalue weighted by molar-refractivity contribution is 7.89. The summed E-state index contributed by atoms with van der Waals surface area (Å²) in [6.45, 7) is 0. The molecular weight excluding hydrogens is 359 g/mol. The molecule has 0 unspecified atom stereocenters. The Morgan fingerprint density at radius 1 is 1.09 bits per heavy atom. The zero-order chi connectivity index (χ0) is 17.0. The van der Waals surface area contributed by atoms with E-state index in [1.165, 1.54) is 31.3 Å². The van der Waals surface area contributed by atoms with Gasteiger partial charge in [-0.3, -0.25) is 4.79 Å². The average molecular weight is 373 g/mol. The number of carbonyl (C=O) groups is 1. The summed E-state index contributed by atoms with van der Waals surface area (Å²) in [6, 6.07) is 10.8. The number of hydrogen-bond acceptors (Lipinski definition) is 3. The van der Waals surface area contributed by atoms with Crippen LogP contribution in [0.4, 0.5) is 5.69 Å². The Labute approximate surface area is 144 Å². The Kier molecular flexibility index (Phi) is 5.64. The minimum atomic E-state index is -3.49. The lowest BCUT2D eigenvalue weighted by molar-refractivity contribution is -0.115. The number of benzene rings is 2. The van der Waals surface area contributed by atoms with Crippen LogP contribution in [-0.4, -0.2) is 21.4 Å². The predicted octanol–water partition coefficient (Wildman–Crippen LogP) is 3.08. The third-order valence-electron chi connectivity index (χ3n) is 3.08. The average Bonchev–Trinajstić information content (AvgIpc) is 2.50. The topological polar surface area (TPSA) is 75.3 Å². The van der Waals surface area contributed by atoms with Crippen molar-refractivity contribution in [2.24, 2.45) is 0 Å². The van der Waals surface area contributed by atoms with Crippen molar-refractivity contribution in [2.45, 2.75) is 11.3 Å². The van der Waals surface area contributed by atoms with Crippen molar-refractivity contribution in [3.63, 3.8) is 0 Å². The van der Waals surface area contributed by atoms with Crippen LogP contribution in [0.1, 0.15) is 5.56 Å². The minimum absolute atomic E-state index is 0.0898. The number of hydrogen-bond donors (Lipinski definition) is 2. The minimum Gasteiger partial charge on any atom is -0.326 e. The lowest BCUT2D eigenvalue weighted by atomic mass is 10.1. The van der Waals surface area contributed by atoms with Crippen LogP contribution >= 0.6 is 23.2 Å². The molecule has 2 aromatic rings. The SMILES string of the molecule is CNS(=O)(=O)c1ccc(NC(=O)Cc2ccc(Cl)cc2Cl)cc1. The summed E-state index contributed by atoms with van der Waals surface area (Å²) in [7, 11) is -2.16. The molecule has 2 N–H and O–H groups in total. The van der Waals surface area contributed by atoms with Crippen LogP contribution in [0.15, 0.2) is 47.4 Å². The van der Waals surface area contributed by atoms with E-state index in [9.17, 15) is 13.2 Å². The fourth-order valence-corrected chi connectivity index (χ4v) is 3.08. The van der Waals surface area contributed by atoms with Crippen molar-refractivity contribution in [1.82, 2.24) is 4.72 Å². The molecular formula is C15H14Cl2N2O3S. The number of carbonyl (C=O) groups excluding carboxylic acids is 1. The summed E-state index contributed by atoms with van der Waals surface area (Å²) in [5.74, 6) is -0.265. The molecule has 0 radical (unpaired) electrons. The van der Waals surface area contributed by atoms with Gasteiger partial charge in [-0.1, -0.05) is 29.3 Å². The maximum absolute atomic E-state index is 12.0. The molecule has 0 aliphatic heterocycles. The lowest BCUT2D eigenvalue weighted by Crippen LogP contribution is -2.18. The maximum Gasteiger partial charge on any atom is 0.240 e. The van der Waals surface area contributed by atoms with Crippen LogP contribution in [-0.2, 0) is 21.2 Å². The van der Waals surface area contributed by atoms with E-state index in [4.69, 9.17) is 23.2 Å². The van der Waals surface area contributed by atoms with E-state index in [1.807, 2.05) is 0 Å². The Bertz CT molecular complexity index is 821. The van der Waals surface area contributed by atoms with Gasteiger partial charge in [0.15, 0.2) is 0 Å². The zero-order valence-electron chi connectivity index (χ0n) is 12.1. The second-order valence-electron chi connectivity index (χ2n) is 4.69. The molecule has 0 bridgehead atoms. The van der Waals surface area contributed by atoms with Gasteiger partial charge in [-0.05, 0) is 49.0 Å². The van der Waals surface area contributed by atoms with Gasteiger partial charge >= 0.3 is 0 Å². The molecule has 0 saturated carbocycles. The molecule has 0 aliphatic rings. The summed E-state index contributed by atoms with van der Waals surface area (Å²) in [5, 5.41) is 3.60. The number of anilines is 1. The van der Waals surface area contributed by atoms with E-state index in [-0.39, 0.29) is 17.2 Å². The predicted molar refractivity (Wildman–Crippen MR) is 91.5 cm³/mol. The molecule has 8 heteroatoms. The van der Waals surface area contributed by atoms with Crippen LogP contribution < -0.4 is 10.0 Å². The van der Waals surface area contributed by atoms with Gasteiger partial charge in [-0.25, -0.2) is 13.1 Å². The van der Waals surface area contributed by atoms with Gasteiger partial charge < -0.3 is 5.32 Å². The van der Waals surface area contributed by atoms with Crippen LogP contribution in [0.5, 0.6) is 0 Å². The fraction of sp³-hybridized carbons (Fsp3) is 0.133. The lowest BCUT2D eigenvalue weighted by Gasteiger charge is -2.08. The first-order valence-electron chi connectivity index (χ1n) is 6.59. The normalized spacial score (nSPS) is 11.3. The molecule has 0 atom stereocenters. The van der Waals surface area contributed by atoms with Crippen molar-refractivity contribution in [2.75, 3.05) is 12.4 Å². The number of amides is 1. The van der Waals surface area contributed by atoms with Crippen molar-refractivity contribution < 1.29 is 13.2 Å². The fourth-order valence-electron chi connectivity index (χ4n) is 1.88. The summed E-state index contributed by atoms with van der Waals surface area (Å²) < 4.78 is 25.5. The molecule has 0 saturated heterocycles. The largest absolute Gasteiger partial charge is 0.326 e. The third-order valence-corrected chi connectivity index (χ3v) is 5.10. The summed E-state index contributed by atoms with van der Waals surface area (Å²) >= 11 is 11.8. The van der Waals surface area contributed by atoms with Crippen molar-refractivity contribution >= 4 is 44.8 Å². The van der Waals surface area contributed by atoms with E-state index >= 15 is 0 Å². The molecule has 1 amide bonds. The molecule has 122 valence electrons. The summed E-state index contributed by atoms with van der Waals surface area (Å²) in [5.41, 5.74) is 1.15. The van der Waals surface area contributed by atoms with E-state index in [2.05, 4.69) is 10.0 Å². The van der Waals surface area contributed by atoms with Gasteiger partial charge in [0.25, 0.3) is 0 Å². The second kappa shape index (κ2) is 7.31. The van der Waals surface area contributed by atoms with Gasteiger partial charge in [0.05, 0.1) is 11.3 Å². The highest BCUT2D eigenvalue weighted by Crippen LogP contribution is 2.22. The standard InChI is InChI=1S/C15H14Cl2N2O3S/c1-18-23(21,22)13-6-4-12(5-7-13)19-15(20)8-10-2-3-11(16)9-14(10)17/h2-7,9,18H,8H2,1H3,(H,19,20). The first-order valence-corrected chi connectivity index (χ1v) is 8.83. The number of nitrogens with one attached hydrogen (secondary N) is 2. The van der Waals surface area contributed by atoms with Crippen molar-refractivity contribution in [3.8, 4) is 0 Å². The van der Waals surface area contributed by atoms with Gasteiger partial charge in [-0.2, -0.15) is 0 Å². The van der Waals surface area contributed by atoms with Crippen molar-refractivity contribution in [1.29, 1.82) is 0 Å². The summed E-state index contributed by atoms with van der Waals surface area (Å²) in [4.78, 5) is 12.1. The first kappa shape index (κ1) is 17.7. The molecule has 2 rings (SSSR count). The summed E-state index contributed by atoms with van der Waals surface area (Å²) in [6.07, 6.45) is 0.0898. The van der Waals surface area contributed by atoms with Crippen LogP contribution in [0.3, 0.4) is 0 Å². The maximum atomic E-state index is 12.0. The van der Waals surface area contributed by atoms with E-state index < -0.39 is 10.0 Å². The number of sulfonamides is 1. The van der Waals surface area contributed by atoms with Crippen LogP contribution in [0, 0.1) is 0 Å². The highest BCUT2D eigenvalue weighted by Gasteiger charge is 2.12. The Hall–Kier alpha value is -1.60. The van der Waals surface area contributed by atoms with Gasteiger partial charge in [-0.15, -0.1) is 0 Å². The first-order chi connectivity index (χ1) is 10.8. The number of halogens is 2. The monoisotopic (exact) mass is 372 g/mol. The second-order valence-corrected chi connectivity index (χ2v) is 7.42. The number of rotatable bonds is 5. The van der Waals surface area contributed by atoms with Crippen LogP contribution in [0.25, 0.3) is 0 Å². The Morgan fingerprint density at radius 2 is 1.74 bits per heavy atom. The zero-order valence-corrected chi connectivity index (χ0v) is 14.5. The van der Waals surface area contributed by atoms with Gasteiger partial charge in [0, 0.05) is 15.7 Å². The van der Waals surface area contributed by atoms with E-state index in [0.29, 0.717) is 21.3 Å². The molecule has 0 heterocycles. The Balaban J connectivity index is 2.06. The molecule has 5 nitrogen and oxygen atoms in total. The van der Waals surface area contributed by atoms with E-state index in [0.717, 1.165) is 0 Å². The molecule has 0 aliphatic carbocycles. The molecule has 2 aromatic carbocycles. The molecule has 0 fully saturated rings.